The standard InChI is InChI=1S/C17H16ClN3O/c18-13-5-3-6-14-16(13)22-15-7-2-1-4-12(15)17(20-14)21-10-8-19-9-11-21/h1-7,19H,8-11H2. The van der Waals surface area contributed by atoms with Crippen LogP contribution in [0.15, 0.2) is 47.5 Å². The molecule has 22 heavy (non-hydrogen) atoms. The lowest BCUT2D eigenvalue weighted by Crippen LogP contribution is -2.46. The summed E-state index contributed by atoms with van der Waals surface area (Å²) in [5, 5.41) is 3.95. The van der Waals surface area contributed by atoms with Crippen LogP contribution in [-0.4, -0.2) is 36.9 Å². The molecule has 0 radical (unpaired) electrons. The number of nitrogens with zero attached hydrogens (tertiary/aromatic N) is 2. The van der Waals surface area contributed by atoms with Gasteiger partial charge in [-0.25, -0.2) is 4.99 Å². The number of ether oxygens (including phenoxy) is 1. The molecular formula is C17H16ClN3O. The average molecular weight is 314 g/mol. The van der Waals surface area contributed by atoms with Gasteiger partial charge in [0.2, 0.25) is 0 Å². The van der Waals surface area contributed by atoms with Crippen molar-refractivity contribution >= 4 is 23.1 Å². The maximum Gasteiger partial charge on any atom is 0.171 e. The average Bonchev–Trinajstić information content (AvgIpc) is 2.74. The number of hydrogen-bond acceptors (Lipinski definition) is 4. The monoisotopic (exact) mass is 313 g/mol. The molecule has 0 atom stereocenters. The third-order valence-corrected chi connectivity index (χ3v) is 4.23. The van der Waals surface area contributed by atoms with E-state index < -0.39 is 0 Å². The Kier molecular flexibility index (Phi) is 3.48. The number of amidine groups is 1. The number of fused-ring (bicyclic) bond motifs is 2. The first-order valence-electron chi connectivity index (χ1n) is 7.43. The zero-order chi connectivity index (χ0) is 14.9. The molecule has 4 rings (SSSR count). The van der Waals surface area contributed by atoms with Crippen LogP contribution in [0.4, 0.5) is 5.69 Å². The van der Waals surface area contributed by atoms with Crippen LogP contribution in [0.1, 0.15) is 5.56 Å². The van der Waals surface area contributed by atoms with Crippen molar-refractivity contribution in [3.63, 3.8) is 0 Å². The molecule has 1 saturated heterocycles. The summed E-state index contributed by atoms with van der Waals surface area (Å²) in [5.41, 5.74) is 1.79. The van der Waals surface area contributed by atoms with Crippen molar-refractivity contribution in [2.24, 2.45) is 4.99 Å². The van der Waals surface area contributed by atoms with E-state index in [1.807, 2.05) is 36.4 Å². The third kappa shape index (κ3) is 2.34. The minimum atomic E-state index is 0.581. The lowest BCUT2D eigenvalue weighted by molar-refractivity contribution is 0.357. The summed E-state index contributed by atoms with van der Waals surface area (Å²) in [6.07, 6.45) is 0. The molecule has 0 saturated carbocycles. The molecule has 2 aromatic carbocycles. The van der Waals surface area contributed by atoms with Gasteiger partial charge in [0, 0.05) is 26.2 Å². The number of nitrogens with one attached hydrogen (secondary N) is 1. The summed E-state index contributed by atoms with van der Waals surface area (Å²) in [6.45, 7) is 3.79. The summed E-state index contributed by atoms with van der Waals surface area (Å²) < 4.78 is 6.07. The Morgan fingerprint density at radius 1 is 1.05 bits per heavy atom. The number of rotatable bonds is 0. The fourth-order valence-electron chi connectivity index (χ4n) is 2.83. The van der Waals surface area contributed by atoms with Crippen molar-refractivity contribution < 1.29 is 4.74 Å². The highest BCUT2D eigenvalue weighted by Crippen LogP contribution is 2.42. The van der Waals surface area contributed by atoms with Gasteiger partial charge in [-0.2, -0.15) is 0 Å². The normalized spacial score (nSPS) is 17.0. The molecule has 1 fully saturated rings. The van der Waals surface area contributed by atoms with Gasteiger partial charge in [0.15, 0.2) is 5.75 Å². The van der Waals surface area contributed by atoms with Crippen molar-refractivity contribution in [2.45, 2.75) is 0 Å². The van der Waals surface area contributed by atoms with E-state index in [9.17, 15) is 0 Å². The highest BCUT2D eigenvalue weighted by molar-refractivity contribution is 6.32. The van der Waals surface area contributed by atoms with Gasteiger partial charge in [-0.3, -0.25) is 0 Å². The lowest BCUT2D eigenvalue weighted by atomic mass is 10.1. The molecule has 5 heteroatoms. The topological polar surface area (TPSA) is 36.9 Å². The highest BCUT2D eigenvalue weighted by atomic mass is 35.5. The fraction of sp³-hybridized carbons (Fsp3) is 0.235. The van der Waals surface area contributed by atoms with E-state index in [-0.39, 0.29) is 0 Å². The Morgan fingerprint density at radius 3 is 2.73 bits per heavy atom. The summed E-state index contributed by atoms with van der Waals surface area (Å²) >= 11 is 6.30. The molecule has 0 aromatic heterocycles. The predicted molar refractivity (Wildman–Crippen MR) is 88.6 cm³/mol. The van der Waals surface area contributed by atoms with Gasteiger partial charge < -0.3 is 15.0 Å². The highest BCUT2D eigenvalue weighted by Gasteiger charge is 2.24. The molecule has 2 aliphatic heterocycles. The minimum Gasteiger partial charge on any atom is -0.453 e. The summed E-state index contributed by atoms with van der Waals surface area (Å²) in [6, 6.07) is 13.7. The van der Waals surface area contributed by atoms with Crippen molar-refractivity contribution in [3.05, 3.63) is 53.1 Å². The Balaban J connectivity index is 1.89. The van der Waals surface area contributed by atoms with Crippen molar-refractivity contribution in [1.82, 2.24) is 10.2 Å². The van der Waals surface area contributed by atoms with Gasteiger partial charge in [-0.15, -0.1) is 0 Å². The third-order valence-electron chi connectivity index (χ3n) is 3.93. The molecule has 1 N–H and O–H groups in total. The van der Waals surface area contributed by atoms with Gasteiger partial charge in [0.05, 0.1) is 10.6 Å². The molecule has 2 aromatic rings. The van der Waals surface area contributed by atoms with E-state index in [0.717, 1.165) is 49.0 Å². The molecule has 4 nitrogen and oxygen atoms in total. The zero-order valence-electron chi connectivity index (χ0n) is 12.1. The van der Waals surface area contributed by atoms with Crippen molar-refractivity contribution in [1.29, 1.82) is 0 Å². The number of hydrogen-bond donors (Lipinski definition) is 1. The number of benzene rings is 2. The summed E-state index contributed by atoms with van der Waals surface area (Å²) in [4.78, 5) is 7.17. The van der Waals surface area contributed by atoms with Crippen LogP contribution in [0.25, 0.3) is 0 Å². The Morgan fingerprint density at radius 2 is 1.86 bits per heavy atom. The van der Waals surface area contributed by atoms with Crippen LogP contribution in [0.2, 0.25) is 5.02 Å². The second kappa shape index (κ2) is 5.63. The molecule has 0 unspecified atom stereocenters. The summed E-state index contributed by atoms with van der Waals surface area (Å²) in [7, 11) is 0. The maximum atomic E-state index is 6.30. The zero-order valence-corrected chi connectivity index (χ0v) is 12.8. The predicted octanol–water partition coefficient (Wildman–Crippen LogP) is 3.43. The molecule has 112 valence electrons. The minimum absolute atomic E-state index is 0.581. The van der Waals surface area contributed by atoms with E-state index in [1.54, 1.807) is 0 Å². The quantitative estimate of drug-likeness (QED) is 0.809. The van der Waals surface area contributed by atoms with Gasteiger partial charge in [-0.1, -0.05) is 29.8 Å². The molecule has 0 amide bonds. The molecule has 0 spiro atoms. The largest absolute Gasteiger partial charge is 0.453 e. The van der Waals surface area contributed by atoms with Crippen LogP contribution < -0.4 is 10.1 Å². The van der Waals surface area contributed by atoms with E-state index in [0.29, 0.717) is 10.8 Å². The molecule has 0 aliphatic carbocycles. The van der Waals surface area contributed by atoms with Crippen LogP contribution in [0.5, 0.6) is 11.5 Å². The molecular weight excluding hydrogens is 298 g/mol. The Labute approximate surface area is 134 Å². The van der Waals surface area contributed by atoms with E-state index in [2.05, 4.69) is 16.3 Å². The second-order valence-electron chi connectivity index (χ2n) is 5.36. The number of aliphatic imine (C=N–C) groups is 1. The first kappa shape index (κ1) is 13.6. The summed E-state index contributed by atoms with van der Waals surface area (Å²) in [5.74, 6) is 2.38. The Bertz CT molecular complexity index is 738. The van der Waals surface area contributed by atoms with Gasteiger partial charge in [-0.05, 0) is 24.3 Å². The first-order valence-corrected chi connectivity index (χ1v) is 7.81. The fourth-order valence-corrected chi connectivity index (χ4v) is 3.04. The SMILES string of the molecule is Clc1cccc2c1Oc1ccccc1C(N1CCNCC1)=N2. The number of piperazine rings is 1. The number of para-hydroxylation sites is 2. The first-order chi connectivity index (χ1) is 10.8. The van der Waals surface area contributed by atoms with E-state index in [1.165, 1.54) is 0 Å². The van der Waals surface area contributed by atoms with E-state index >= 15 is 0 Å². The second-order valence-corrected chi connectivity index (χ2v) is 5.77. The van der Waals surface area contributed by atoms with Gasteiger partial charge in [0.1, 0.15) is 17.3 Å². The van der Waals surface area contributed by atoms with E-state index in [4.69, 9.17) is 21.3 Å². The molecule has 2 aliphatic rings. The Hall–Kier alpha value is -2.04. The smallest absolute Gasteiger partial charge is 0.171 e. The number of halogens is 1. The van der Waals surface area contributed by atoms with Crippen LogP contribution in [0, 0.1) is 0 Å². The lowest BCUT2D eigenvalue weighted by Gasteiger charge is -2.30. The van der Waals surface area contributed by atoms with Crippen LogP contribution >= 0.6 is 11.6 Å². The molecule has 0 bridgehead atoms. The van der Waals surface area contributed by atoms with Crippen LogP contribution in [-0.2, 0) is 0 Å². The van der Waals surface area contributed by atoms with Crippen molar-refractivity contribution in [3.8, 4) is 11.5 Å². The van der Waals surface area contributed by atoms with Crippen LogP contribution in [0.3, 0.4) is 0 Å². The van der Waals surface area contributed by atoms with Gasteiger partial charge >= 0.3 is 0 Å². The molecule has 2 heterocycles. The van der Waals surface area contributed by atoms with Crippen molar-refractivity contribution in [2.75, 3.05) is 26.2 Å². The maximum absolute atomic E-state index is 6.30. The van der Waals surface area contributed by atoms with Gasteiger partial charge in [0.25, 0.3) is 0 Å².